The van der Waals surface area contributed by atoms with Gasteiger partial charge in [0.05, 0.1) is 0 Å². The maximum Gasteiger partial charge on any atom is 0.138 e. The van der Waals surface area contributed by atoms with Gasteiger partial charge in [0.2, 0.25) is 0 Å². The Morgan fingerprint density at radius 3 is 2.93 bits per heavy atom. The Morgan fingerprint density at radius 1 is 1.50 bits per heavy atom. The third-order valence-electron chi connectivity index (χ3n) is 2.15. The first-order chi connectivity index (χ1) is 6.77. The van der Waals surface area contributed by atoms with Gasteiger partial charge in [0.25, 0.3) is 0 Å². The minimum absolute atomic E-state index is 0.288. The molecule has 78 valence electrons. The van der Waals surface area contributed by atoms with Crippen molar-refractivity contribution in [2.24, 2.45) is 0 Å². The lowest BCUT2D eigenvalue weighted by atomic mass is 10.2. The first-order valence-electron chi connectivity index (χ1n) is 5.16. The molecule has 0 spiro atoms. The Hall–Kier alpha value is -1.19. The van der Waals surface area contributed by atoms with Gasteiger partial charge in [0, 0.05) is 25.8 Å². The first-order valence-corrected chi connectivity index (χ1v) is 5.16. The molecule has 1 aromatic rings. The molecule has 1 heterocycles. The molecule has 0 aliphatic rings. The Bertz CT molecular complexity index is 293. The average Bonchev–Trinajstić information content (AvgIpc) is 2.62. The van der Waals surface area contributed by atoms with Crippen LogP contribution in [0.15, 0.2) is 6.33 Å². The topological polar surface area (TPSA) is 47.8 Å². The molecule has 1 aromatic heterocycles. The lowest BCUT2D eigenvalue weighted by Crippen LogP contribution is -2.07. The van der Waals surface area contributed by atoms with E-state index in [1.807, 2.05) is 11.6 Å². The molecule has 0 amide bonds. The molecular weight excluding hydrogens is 178 g/mol. The van der Waals surface area contributed by atoms with Crippen molar-refractivity contribution in [2.75, 3.05) is 0 Å². The van der Waals surface area contributed by atoms with Crippen LogP contribution in [-0.2, 0) is 17.8 Å². The van der Waals surface area contributed by atoms with Crippen molar-refractivity contribution in [3.05, 3.63) is 12.2 Å². The minimum Gasteiger partial charge on any atom is -0.300 e. The van der Waals surface area contributed by atoms with Crippen LogP contribution in [0.5, 0.6) is 0 Å². The fraction of sp³-hybridized carbons (Fsp3) is 0.700. The van der Waals surface area contributed by atoms with E-state index >= 15 is 0 Å². The van der Waals surface area contributed by atoms with E-state index < -0.39 is 0 Å². The van der Waals surface area contributed by atoms with Crippen molar-refractivity contribution in [1.82, 2.24) is 14.8 Å². The van der Waals surface area contributed by atoms with Crippen LogP contribution in [0, 0.1) is 0 Å². The van der Waals surface area contributed by atoms with Gasteiger partial charge in [-0.1, -0.05) is 13.8 Å². The van der Waals surface area contributed by atoms with Gasteiger partial charge in [0.15, 0.2) is 0 Å². The average molecular weight is 195 g/mol. The van der Waals surface area contributed by atoms with Gasteiger partial charge in [0.1, 0.15) is 17.9 Å². The summed E-state index contributed by atoms with van der Waals surface area (Å²) in [4.78, 5) is 15.3. The number of hydrogen-bond acceptors (Lipinski definition) is 3. The van der Waals surface area contributed by atoms with Crippen LogP contribution in [0.2, 0.25) is 0 Å². The standard InChI is InChI=1S/C10H17N3O/c1-3-7-13-10(11-8-12-13)6-5-9(14)4-2/h8H,3-7H2,1-2H3. The Morgan fingerprint density at radius 2 is 2.29 bits per heavy atom. The number of hydrogen-bond donors (Lipinski definition) is 0. The molecule has 1 rings (SSSR count). The third kappa shape index (κ3) is 2.94. The summed E-state index contributed by atoms with van der Waals surface area (Å²) in [5.41, 5.74) is 0. The van der Waals surface area contributed by atoms with E-state index in [2.05, 4.69) is 17.0 Å². The van der Waals surface area contributed by atoms with Gasteiger partial charge in [-0.3, -0.25) is 9.48 Å². The molecule has 0 aromatic carbocycles. The van der Waals surface area contributed by atoms with Crippen LogP contribution in [0.25, 0.3) is 0 Å². The van der Waals surface area contributed by atoms with E-state index in [4.69, 9.17) is 0 Å². The SMILES string of the molecule is CCCn1ncnc1CCC(=O)CC. The van der Waals surface area contributed by atoms with Crippen LogP contribution >= 0.6 is 0 Å². The number of aromatic nitrogens is 3. The summed E-state index contributed by atoms with van der Waals surface area (Å²) >= 11 is 0. The number of Topliss-reactive ketones (excluding diaryl/α,β-unsaturated/α-hetero) is 1. The minimum atomic E-state index is 0.288. The Balaban J connectivity index is 2.49. The van der Waals surface area contributed by atoms with Gasteiger partial charge < -0.3 is 0 Å². The summed E-state index contributed by atoms with van der Waals surface area (Å²) in [5.74, 6) is 1.21. The summed E-state index contributed by atoms with van der Waals surface area (Å²) in [6, 6.07) is 0. The van der Waals surface area contributed by atoms with Crippen LogP contribution in [0.1, 0.15) is 38.9 Å². The lowest BCUT2D eigenvalue weighted by molar-refractivity contribution is -0.118. The van der Waals surface area contributed by atoms with Gasteiger partial charge >= 0.3 is 0 Å². The molecule has 0 aliphatic heterocycles. The van der Waals surface area contributed by atoms with Gasteiger partial charge in [-0.05, 0) is 6.42 Å². The van der Waals surface area contributed by atoms with Crippen molar-refractivity contribution in [2.45, 2.75) is 46.1 Å². The number of ketones is 1. The number of carbonyl (C=O) groups excluding carboxylic acids is 1. The molecule has 14 heavy (non-hydrogen) atoms. The van der Waals surface area contributed by atoms with Crippen LogP contribution in [-0.4, -0.2) is 20.5 Å². The van der Waals surface area contributed by atoms with E-state index in [1.165, 1.54) is 0 Å². The number of rotatable bonds is 6. The smallest absolute Gasteiger partial charge is 0.138 e. The van der Waals surface area contributed by atoms with Gasteiger partial charge in [-0.2, -0.15) is 5.10 Å². The zero-order valence-electron chi connectivity index (χ0n) is 8.86. The van der Waals surface area contributed by atoms with Gasteiger partial charge in [-0.15, -0.1) is 0 Å². The van der Waals surface area contributed by atoms with Crippen molar-refractivity contribution >= 4 is 5.78 Å². The predicted molar refractivity (Wildman–Crippen MR) is 53.9 cm³/mol. The molecular formula is C10H17N3O. The Kier molecular flexibility index (Phi) is 4.29. The first kappa shape index (κ1) is 10.9. The van der Waals surface area contributed by atoms with E-state index in [1.54, 1.807) is 6.33 Å². The molecule has 4 heteroatoms. The summed E-state index contributed by atoms with van der Waals surface area (Å²) < 4.78 is 1.88. The number of carbonyl (C=O) groups is 1. The molecule has 0 aliphatic carbocycles. The molecule has 0 fully saturated rings. The maximum absolute atomic E-state index is 11.1. The summed E-state index contributed by atoms with van der Waals surface area (Å²) in [6.07, 6.45) is 4.51. The van der Waals surface area contributed by atoms with E-state index in [0.717, 1.165) is 18.8 Å². The molecule has 0 atom stereocenters. The number of aryl methyl sites for hydroxylation is 2. The highest BCUT2D eigenvalue weighted by Crippen LogP contribution is 2.01. The highest BCUT2D eigenvalue weighted by atomic mass is 16.1. The molecule has 0 radical (unpaired) electrons. The van der Waals surface area contributed by atoms with E-state index in [9.17, 15) is 4.79 Å². The largest absolute Gasteiger partial charge is 0.300 e. The van der Waals surface area contributed by atoms with Crippen LogP contribution < -0.4 is 0 Å². The molecule has 0 bridgehead atoms. The summed E-state index contributed by atoms with van der Waals surface area (Å²) in [7, 11) is 0. The quantitative estimate of drug-likeness (QED) is 0.692. The second-order valence-electron chi connectivity index (χ2n) is 3.29. The van der Waals surface area contributed by atoms with Crippen molar-refractivity contribution in [1.29, 1.82) is 0 Å². The molecule has 0 saturated carbocycles. The maximum atomic E-state index is 11.1. The fourth-order valence-corrected chi connectivity index (χ4v) is 1.31. The summed E-state index contributed by atoms with van der Waals surface area (Å²) in [6.45, 7) is 4.87. The van der Waals surface area contributed by atoms with Crippen LogP contribution in [0.4, 0.5) is 0 Å². The molecule has 0 saturated heterocycles. The van der Waals surface area contributed by atoms with Crippen molar-refractivity contribution in [3.8, 4) is 0 Å². The predicted octanol–water partition coefficient (Wildman–Crippen LogP) is 1.60. The fourth-order valence-electron chi connectivity index (χ4n) is 1.31. The second kappa shape index (κ2) is 5.52. The normalized spacial score (nSPS) is 10.4. The Labute approximate surface area is 84.3 Å². The zero-order valence-corrected chi connectivity index (χ0v) is 8.86. The molecule has 4 nitrogen and oxygen atoms in total. The zero-order chi connectivity index (χ0) is 10.4. The lowest BCUT2D eigenvalue weighted by Gasteiger charge is -2.02. The monoisotopic (exact) mass is 195 g/mol. The molecule has 0 unspecified atom stereocenters. The second-order valence-corrected chi connectivity index (χ2v) is 3.29. The highest BCUT2D eigenvalue weighted by molar-refractivity contribution is 5.78. The molecule has 0 N–H and O–H groups in total. The summed E-state index contributed by atoms with van der Waals surface area (Å²) in [5, 5.41) is 4.10. The highest BCUT2D eigenvalue weighted by Gasteiger charge is 2.05. The van der Waals surface area contributed by atoms with E-state index in [-0.39, 0.29) is 5.78 Å². The van der Waals surface area contributed by atoms with Crippen molar-refractivity contribution in [3.63, 3.8) is 0 Å². The van der Waals surface area contributed by atoms with Crippen molar-refractivity contribution < 1.29 is 4.79 Å². The van der Waals surface area contributed by atoms with Gasteiger partial charge in [-0.25, -0.2) is 4.98 Å². The van der Waals surface area contributed by atoms with Crippen LogP contribution in [0.3, 0.4) is 0 Å². The third-order valence-corrected chi connectivity index (χ3v) is 2.15. The number of nitrogens with zero attached hydrogens (tertiary/aromatic N) is 3. The van der Waals surface area contributed by atoms with E-state index in [0.29, 0.717) is 19.3 Å².